The van der Waals surface area contributed by atoms with Gasteiger partial charge in [-0.1, -0.05) is 29.8 Å². The number of fused-ring (bicyclic) bond motifs is 2. The zero-order valence-corrected chi connectivity index (χ0v) is 19.6. The number of rotatable bonds is 4. The minimum atomic E-state index is -0.284. The molecule has 0 aliphatic carbocycles. The van der Waals surface area contributed by atoms with E-state index in [2.05, 4.69) is 42.3 Å². The van der Waals surface area contributed by atoms with Crippen molar-refractivity contribution in [2.45, 2.75) is 26.3 Å². The summed E-state index contributed by atoms with van der Waals surface area (Å²) in [6, 6.07) is 18.9. The third kappa shape index (κ3) is 4.31. The zero-order chi connectivity index (χ0) is 22.2. The van der Waals surface area contributed by atoms with Crippen molar-refractivity contribution in [1.82, 2.24) is 9.97 Å². The summed E-state index contributed by atoms with van der Waals surface area (Å²) in [5.41, 5.74) is 5.47. The Labute approximate surface area is 199 Å². The Morgan fingerprint density at radius 1 is 1.06 bits per heavy atom. The number of hydrogen-bond acceptors (Lipinski definition) is 5. The molecule has 170 valence electrons. The monoisotopic (exact) mass is 464 g/mol. The SMILES string of the molecule is COc1cccc2c(N3CCc4cc(C)ccc4C3C)nc(Nc3ccc(F)cc3)nc12.Cl. The van der Waals surface area contributed by atoms with Crippen LogP contribution in [0.1, 0.15) is 29.7 Å². The van der Waals surface area contributed by atoms with Crippen LogP contribution in [0, 0.1) is 12.7 Å². The number of nitrogens with zero attached hydrogens (tertiary/aromatic N) is 3. The van der Waals surface area contributed by atoms with Crippen LogP contribution in [-0.2, 0) is 6.42 Å². The second kappa shape index (κ2) is 9.24. The molecule has 0 amide bonds. The third-order valence-corrected chi connectivity index (χ3v) is 6.10. The van der Waals surface area contributed by atoms with Crippen LogP contribution in [0.5, 0.6) is 5.75 Å². The lowest BCUT2D eigenvalue weighted by atomic mass is 9.92. The van der Waals surface area contributed by atoms with Crippen LogP contribution in [0.15, 0.2) is 60.7 Å². The Morgan fingerprint density at radius 2 is 1.85 bits per heavy atom. The van der Waals surface area contributed by atoms with Gasteiger partial charge in [-0.15, -0.1) is 12.4 Å². The first-order valence-electron chi connectivity index (χ1n) is 10.8. The lowest BCUT2D eigenvalue weighted by molar-refractivity contribution is 0.419. The minimum absolute atomic E-state index is 0. The van der Waals surface area contributed by atoms with Gasteiger partial charge in [0, 0.05) is 17.6 Å². The molecule has 3 aromatic carbocycles. The topological polar surface area (TPSA) is 50.3 Å². The zero-order valence-electron chi connectivity index (χ0n) is 18.8. The number of para-hydroxylation sites is 1. The summed E-state index contributed by atoms with van der Waals surface area (Å²) in [6.45, 7) is 5.21. The summed E-state index contributed by atoms with van der Waals surface area (Å²) in [5.74, 6) is 1.71. The van der Waals surface area contributed by atoms with E-state index in [9.17, 15) is 4.39 Å². The van der Waals surface area contributed by atoms with Gasteiger partial charge < -0.3 is 15.0 Å². The normalized spacial score (nSPS) is 15.0. The molecule has 0 saturated carbocycles. The molecule has 0 spiro atoms. The quantitative estimate of drug-likeness (QED) is 0.380. The van der Waals surface area contributed by atoms with E-state index in [4.69, 9.17) is 14.7 Å². The molecule has 33 heavy (non-hydrogen) atoms. The van der Waals surface area contributed by atoms with E-state index in [0.717, 1.165) is 35.4 Å². The average Bonchev–Trinajstić information content (AvgIpc) is 2.80. The van der Waals surface area contributed by atoms with Gasteiger partial charge in [-0.2, -0.15) is 4.98 Å². The van der Waals surface area contributed by atoms with Gasteiger partial charge in [0.25, 0.3) is 0 Å². The van der Waals surface area contributed by atoms with Gasteiger partial charge >= 0.3 is 0 Å². The number of aryl methyl sites for hydroxylation is 1. The number of halogens is 2. The van der Waals surface area contributed by atoms with E-state index < -0.39 is 0 Å². The first-order chi connectivity index (χ1) is 15.5. The van der Waals surface area contributed by atoms with Crippen LogP contribution >= 0.6 is 12.4 Å². The van der Waals surface area contributed by atoms with E-state index in [0.29, 0.717) is 11.7 Å². The highest BCUT2D eigenvalue weighted by atomic mass is 35.5. The smallest absolute Gasteiger partial charge is 0.229 e. The largest absolute Gasteiger partial charge is 0.494 e. The van der Waals surface area contributed by atoms with Crippen LogP contribution in [0.4, 0.5) is 21.8 Å². The summed E-state index contributed by atoms with van der Waals surface area (Å²) in [7, 11) is 1.64. The summed E-state index contributed by atoms with van der Waals surface area (Å²) in [5, 5.41) is 4.17. The van der Waals surface area contributed by atoms with E-state index in [1.54, 1.807) is 19.2 Å². The second-order valence-corrected chi connectivity index (χ2v) is 8.18. The molecular weight excluding hydrogens is 439 g/mol. The Hall–Kier alpha value is -3.38. The lowest BCUT2D eigenvalue weighted by Crippen LogP contribution is -2.35. The first-order valence-corrected chi connectivity index (χ1v) is 10.8. The number of hydrogen-bond donors (Lipinski definition) is 1. The molecule has 7 heteroatoms. The van der Waals surface area contributed by atoms with Gasteiger partial charge in [0.15, 0.2) is 0 Å². The van der Waals surface area contributed by atoms with Gasteiger partial charge in [-0.25, -0.2) is 9.37 Å². The van der Waals surface area contributed by atoms with Crippen LogP contribution in [0.2, 0.25) is 0 Å². The van der Waals surface area contributed by atoms with Crippen molar-refractivity contribution in [3.63, 3.8) is 0 Å². The highest BCUT2D eigenvalue weighted by molar-refractivity contribution is 5.95. The molecular formula is C26H26ClFN4O. The molecule has 1 aliphatic heterocycles. The molecule has 2 heterocycles. The molecule has 0 radical (unpaired) electrons. The summed E-state index contributed by atoms with van der Waals surface area (Å²) >= 11 is 0. The van der Waals surface area contributed by atoms with Crippen molar-refractivity contribution in [3.8, 4) is 5.75 Å². The Kier molecular flexibility index (Phi) is 6.38. The standard InChI is InChI=1S/C26H25FN4O.ClH/c1-16-7-12-21-17(2)31(14-13-18(21)15-16)25-22-5-4-6-23(32-3)24(22)29-26(30-25)28-20-10-8-19(27)9-11-20;/h4-12,15,17H,13-14H2,1-3H3,(H,28,29,30);1H. The molecule has 0 fully saturated rings. The fraction of sp³-hybridized carbons (Fsp3) is 0.231. The third-order valence-electron chi connectivity index (χ3n) is 6.10. The predicted octanol–water partition coefficient (Wildman–Crippen LogP) is 6.38. The highest BCUT2D eigenvalue weighted by Gasteiger charge is 2.27. The summed E-state index contributed by atoms with van der Waals surface area (Å²) < 4.78 is 18.9. The number of aromatic nitrogens is 2. The van der Waals surface area contributed by atoms with E-state index in [1.165, 1.54) is 28.8 Å². The maximum atomic E-state index is 13.3. The van der Waals surface area contributed by atoms with Crippen molar-refractivity contribution in [1.29, 1.82) is 0 Å². The van der Waals surface area contributed by atoms with Crippen LogP contribution in [0.25, 0.3) is 10.9 Å². The second-order valence-electron chi connectivity index (χ2n) is 8.18. The van der Waals surface area contributed by atoms with E-state index in [1.807, 2.05) is 18.2 Å². The van der Waals surface area contributed by atoms with Crippen molar-refractivity contribution in [2.24, 2.45) is 0 Å². The molecule has 0 saturated heterocycles. The van der Waals surface area contributed by atoms with Crippen LogP contribution in [0.3, 0.4) is 0 Å². The lowest BCUT2D eigenvalue weighted by Gasteiger charge is -2.37. The molecule has 4 aromatic rings. The van der Waals surface area contributed by atoms with Crippen molar-refractivity contribution in [2.75, 3.05) is 23.9 Å². The van der Waals surface area contributed by atoms with Crippen LogP contribution < -0.4 is 15.0 Å². The molecule has 1 aliphatic rings. The van der Waals surface area contributed by atoms with Gasteiger partial charge in [0.2, 0.25) is 5.95 Å². The number of nitrogens with one attached hydrogen (secondary N) is 1. The molecule has 1 aromatic heterocycles. The van der Waals surface area contributed by atoms with E-state index >= 15 is 0 Å². The maximum absolute atomic E-state index is 13.3. The Bertz CT molecular complexity index is 1300. The number of ether oxygens (including phenoxy) is 1. The minimum Gasteiger partial charge on any atom is -0.494 e. The summed E-state index contributed by atoms with van der Waals surface area (Å²) in [4.78, 5) is 12.0. The Morgan fingerprint density at radius 3 is 2.61 bits per heavy atom. The van der Waals surface area contributed by atoms with Gasteiger partial charge in [-0.05, 0) is 67.8 Å². The van der Waals surface area contributed by atoms with E-state index in [-0.39, 0.29) is 24.3 Å². The number of methoxy groups -OCH3 is 1. The molecule has 1 unspecified atom stereocenters. The van der Waals surface area contributed by atoms with Crippen molar-refractivity contribution < 1.29 is 9.13 Å². The van der Waals surface area contributed by atoms with Gasteiger partial charge in [0.1, 0.15) is 22.9 Å². The fourth-order valence-corrected chi connectivity index (χ4v) is 4.46. The van der Waals surface area contributed by atoms with Crippen LogP contribution in [-0.4, -0.2) is 23.6 Å². The predicted molar refractivity (Wildman–Crippen MR) is 134 cm³/mol. The average molecular weight is 465 g/mol. The number of anilines is 3. The Balaban J connectivity index is 0.00000259. The molecule has 0 bridgehead atoms. The first kappa shape index (κ1) is 22.8. The molecule has 1 atom stereocenters. The molecule has 5 rings (SSSR count). The van der Waals surface area contributed by atoms with Crippen molar-refractivity contribution in [3.05, 3.63) is 83.2 Å². The van der Waals surface area contributed by atoms with Gasteiger partial charge in [0.05, 0.1) is 13.2 Å². The van der Waals surface area contributed by atoms with Gasteiger partial charge in [-0.3, -0.25) is 0 Å². The maximum Gasteiger partial charge on any atom is 0.229 e. The van der Waals surface area contributed by atoms with Crippen molar-refractivity contribution >= 4 is 40.8 Å². The molecule has 1 N–H and O–H groups in total. The fourth-order valence-electron chi connectivity index (χ4n) is 4.46. The summed E-state index contributed by atoms with van der Waals surface area (Å²) in [6.07, 6.45) is 0.956. The molecule has 5 nitrogen and oxygen atoms in total. The number of benzene rings is 3. The highest BCUT2D eigenvalue weighted by Crippen LogP contribution is 2.38.